The maximum Gasteiger partial charge on any atom is 0.250 e. The first-order valence-electron chi connectivity index (χ1n) is 5.71. The molecule has 98 valence electrons. The van der Waals surface area contributed by atoms with Crippen molar-refractivity contribution in [2.45, 2.75) is 13.5 Å². The number of rotatable bonds is 4. The van der Waals surface area contributed by atoms with Gasteiger partial charge >= 0.3 is 0 Å². The van der Waals surface area contributed by atoms with Gasteiger partial charge in [0.1, 0.15) is 12.4 Å². The van der Waals surface area contributed by atoms with Gasteiger partial charge in [-0.25, -0.2) is 9.37 Å². The highest BCUT2D eigenvalue weighted by Gasteiger charge is 2.07. The van der Waals surface area contributed by atoms with Crippen molar-refractivity contribution >= 4 is 5.91 Å². The number of amides is 1. The van der Waals surface area contributed by atoms with Crippen molar-refractivity contribution in [3.63, 3.8) is 0 Å². The SMILES string of the molecule is Cc1nc(OCc2ccc(F)cc2)ccc1C(N)=O. The highest BCUT2D eigenvalue weighted by Crippen LogP contribution is 2.14. The average molecular weight is 260 g/mol. The quantitative estimate of drug-likeness (QED) is 0.916. The van der Waals surface area contributed by atoms with Crippen molar-refractivity contribution in [2.75, 3.05) is 0 Å². The van der Waals surface area contributed by atoms with Crippen LogP contribution in [0.3, 0.4) is 0 Å². The van der Waals surface area contributed by atoms with Gasteiger partial charge in [-0.05, 0) is 30.7 Å². The first-order chi connectivity index (χ1) is 9.06. The zero-order valence-corrected chi connectivity index (χ0v) is 10.4. The number of primary amides is 1. The summed E-state index contributed by atoms with van der Waals surface area (Å²) in [6.07, 6.45) is 0. The predicted molar refractivity (Wildman–Crippen MR) is 68.2 cm³/mol. The summed E-state index contributed by atoms with van der Waals surface area (Å²) < 4.78 is 18.2. The van der Waals surface area contributed by atoms with Gasteiger partial charge in [0.25, 0.3) is 5.91 Å². The number of halogens is 1. The van der Waals surface area contributed by atoms with Crippen molar-refractivity contribution < 1.29 is 13.9 Å². The zero-order valence-electron chi connectivity index (χ0n) is 10.4. The molecule has 2 rings (SSSR count). The van der Waals surface area contributed by atoms with Crippen LogP contribution in [0.15, 0.2) is 36.4 Å². The number of pyridine rings is 1. The van der Waals surface area contributed by atoms with Gasteiger partial charge in [-0.15, -0.1) is 0 Å². The van der Waals surface area contributed by atoms with E-state index in [4.69, 9.17) is 10.5 Å². The number of aromatic nitrogens is 1. The summed E-state index contributed by atoms with van der Waals surface area (Å²) in [5, 5.41) is 0. The minimum atomic E-state index is -0.518. The molecule has 1 aromatic carbocycles. The number of hydrogen-bond donors (Lipinski definition) is 1. The van der Waals surface area contributed by atoms with Crippen molar-refractivity contribution in [3.05, 3.63) is 59.0 Å². The van der Waals surface area contributed by atoms with Crippen molar-refractivity contribution in [3.8, 4) is 5.88 Å². The molecule has 0 aliphatic rings. The van der Waals surface area contributed by atoms with Crippen LogP contribution >= 0.6 is 0 Å². The Morgan fingerprint density at radius 2 is 1.95 bits per heavy atom. The molecule has 2 N–H and O–H groups in total. The van der Waals surface area contributed by atoms with Gasteiger partial charge in [-0.3, -0.25) is 4.79 Å². The number of carbonyl (C=O) groups is 1. The maximum atomic E-state index is 12.7. The van der Waals surface area contributed by atoms with E-state index in [2.05, 4.69) is 4.98 Å². The second-order valence-electron chi connectivity index (χ2n) is 4.06. The molecule has 0 fully saturated rings. The van der Waals surface area contributed by atoms with Gasteiger partial charge in [0.15, 0.2) is 0 Å². The lowest BCUT2D eigenvalue weighted by Gasteiger charge is -2.07. The Labute approximate surface area is 110 Å². The molecule has 4 nitrogen and oxygen atoms in total. The molecule has 5 heteroatoms. The standard InChI is InChI=1S/C14H13FN2O2/c1-9-12(14(16)18)6-7-13(17-9)19-8-10-2-4-11(15)5-3-10/h2-7H,8H2,1H3,(H2,16,18). The number of ether oxygens (including phenoxy) is 1. The van der Waals surface area contributed by atoms with Crippen LogP contribution in [0.5, 0.6) is 5.88 Å². The lowest BCUT2D eigenvalue weighted by Crippen LogP contribution is -2.13. The van der Waals surface area contributed by atoms with E-state index >= 15 is 0 Å². The third kappa shape index (κ3) is 3.28. The fourth-order valence-corrected chi connectivity index (χ4v) is 1.62. The molecule has 0 atom stereocenters. The van der Waals surface area contributed by atoms with Crippen LogP contribution in [-0.2, 0) is 6.61 Å². The Kier molecular flexibility index (Phi) is 3.75. The summed E-state index contributed by atoms with van der Waals surface area (Å²) in [5.74, 6) is -0.412. The lowest BCUT2D eigenvalue weighted by atomic mass is 10.2. The molecule has 0 spiro atoms. The largest absolute Gasteiger partial charge is 0.473 e. The molecule has 0 radical (unpaired) electrons. The minimum absolute atomic E-state index is 0.280. The van der Waals surface area contributed by atoms with Gasteiger partial charge < -0.3 is 10.5 Å². The molecular formula is C14H13FN2O2. The van der Waals surface area contributed by atoms with Crippen molar-refractivity contribution in [1.29, 1.82) is 0 Å². The summed E-state index contributed by atoms with van der Waals surface area (Å²) in [6.45, 7) is 1.97. The lowest BCUT2D eigenvalue weighted by molar-refractivity contribution is 0.0999. The van der Waals surface area contributed by atoms with E-state index < -0.39 is 5.91 Å². The molecule has 0 saturated heterocycles. The van der Waals surface area contributed by atoms with Gasteiger partial charge in [0.2, 0.25) is 5.88 Å². The Hall–Kier alpha value is -2.43. The number of nitrogens with two attached hydrogens (primary N) is 1. The molecule has 0 aliphatic heterocycles. The molecule has 1 amide bonds. The van der Waals surface area contributed by atoms with E-state index in [1.54, 1.807) is 31.2 Å². The van der Waals surface area contributed by atoms with Crippen LogP contribution in [0.1, 0.15) is 21.6 Å². The Morgan fingerprint density at radius 3 is 2.53 bits per heavy atom. The Balaban J connectivity index is 2.06. The topological polar surface area (TPSA) is 65.2 Å². The molecule has 0 bridgehead atoms. The molecule has 1 heterocycles. The van der Waals surface area contributed by atoms with Gasteiger partial charge in [0, 0.05) is 6.07 Å². The third-order valence-corrected chi connectivity index (χ3v) is 2.63. The number of nitrogens with zero attached hydrogens (tertiary/aromatic N) is 1. The van der Waals surface area contributed by atoms with Crippen molar-refractivity contribution in [2.24, 2.45) is 5.73 Å². The molecule has 0 aliphatic carbocycles. The summed E-state index contributed by atoms with van der Waals surface area (Å²) in [5.41, 5.74) is 6.91. The fraction of sp³-hybridized carbons (Fsp3) is 0.143. The van der Waals surface area contributed by atoms with Gasteiger partial charge in [-0.2, -0.15) is 0 Å². The minimum Gasteiger partial charge on any atom is -0.473 e. The summed E-state index contributed by atoms with van der Waals surface area (Å²) >= 11 is 0. The Bertz CT molecular complexity index is 597. The van der Waals surface area contributed by atoms with Gasteiger partial charge in [-0.1, -0.05) is 12.1 Å². The number of benzene rings is 1. The zero-order chi connectivity index (χ0) is 13.8. The van der Waals surface area contributed by atoms with E-state index in [0.717, 1.165) is 5.56 Å². The second kappa shape index (κ2) is 5.48. The summed E-state index contributed by atoms with van der Waals surface area (Å²) in [7, 11) is 0. The van der Waals surface area contributed by atoms with Crippen LogP contribution in [-0.4, -0.2) is 10.9 Å². The fourth-order valence-electron chi connectivity index (χ4n) is 1.62. The molecule has 1 aromatic heterocycles. The summed E-state index contributed by atoms with van der Waals surface area (Å²) in [6, 6.07) is 9.17. The molecule has 0 saturated carbocycles. The van der Waals surface area contributed by atoms with Crippen LogP contribution in [0.4, 0.5) is 4.39 Å². The Morgan fingerprint density at radius 1 is 1.26 bits per heavy atom. The summed E-state index contributed by atoms with van der Waals surface area (Å²) in [4.78, 5) is 15.2. The van der Waals surface area contributed by atoms with Crippen molar-refractivity contribution in [1.82, 2.24) is 4.98 Å². The monoisotopic (exact) mass is 260 g/mol. The van der Waals surface area contributed by atoms with Crippen LogP contribution in [0, 0.1) is 12.7 Å². The predicted octanol–water partition coefficient (Wildman–Crippen LogP) is 2.21. The van der Waals surface area contributed by atoms with E-state index in [1.807, 2.05) is 0 Å². The number of aryl methyl sites for hydroxylation is 1. The van der Waals surface area contributed by atoms with Crippen LogP contribution in [0.2, 0.25) is 0 Å². The number of hydrogen-bond acceptors (Lipinski definition) is 3. The number of carbonyl (C=O) groups excluding carboxylic acids is 1. The first kappa shape index (κ1) is 13.0. The van der Waals surface area contributed by atoms with Crippen LogP contribution in [0.25, 0.3) is 0 Å². The molecule has 0 unspecified atom stereocenters. The second-order valence-corrected chi connectivity index (χ2v) is 4.06. The van der Waals surface area contributed by atoms with Crippen LogP contribution < -0.4 is 10.5 Å². The third-order valence-electron chi connectivity index (χ3n) is 2.63. The highest BCUT2D eigenvalue weighted by molar-refractivity contribution is 5.93. The molecule has 2 aromatic rings. The van der Waals surface area contributed by atoms with Gasteiger partial charge in [0.05, 0.1) is 11.3 Å². The molecule has 19 heavy (non-hydrogen) atoms. The smallest absolute Gasteiger partial charge is 0.250 e. The molecular weight excluding hydrogens is 247 g/mol. The van der Waals surface area contributed by atoms with E-state index in [9.17, 15) is 9.18 Å². The average Bonchev–Trinajstić information content (AvgIpc) is 2.37. The van der Waals surface area contributed by atoms with E-state index in [0.29, 0.717) is 17.1 Å². The normalized spacial score (nSPS) is 10.2. The highest BCUT2D eigenvalue weighted by atomic mass is 19.1. The maximum absolute atomic E-state index is 12.7. The van der Waals surface area contributed by atoms with E-state index in [1.165, 1.54) is 12.1 Å². The first-order valence-corrected chi connectivity index (χ1v) is 5.71. The van der Waals surface area contributed by atoms with E-state index in [-0.39, 0.29) is 12.4 Å².